The molecule has 0 aliphatic heterocycles. The minimum Gasteiger partial charge on any atom is -0.395 e. The van der Waals surface area contributed by atoms with Gasteiger partial charge in [-0.05, 0) is 11.4 Å². The van der Waals surface area contributed by atoms with E-state index in [2.05, 4.69) is 15.5 Å². The maximum Gasteiger partial charge on any atom is 0.227 e. The van der Waals surface area contributed by atoms with Crippen molar-refractivity contribution in [3.8, 4) is 10.7 Å². The molecule has 0 spiro atoms. The van der Waals surface area contributed by atoms with E-state index in [1.54, 1.807) is 0 Å². The van der Waals surface area contributed by atoms with Crippen LogP contribution in [0.15, 0.2) is 22.0 Å². The summed E-state index contributed by atoms with van der Waals surface area (Å²) in [5.74, 6) is 0.855. The molecule has 2 rings (SSSR count). The van der Waals surface area contributed by atoms with E-state index in [4.69, 9.17) is 9.63 Å². The van der Waals surface area contributed by atoms with Crippen LogP contribution >= 0.6 is 11.3 Å². The van der Waals surface area contributed by atoms with E-state index in [9.17, 15) is 4.79 Å². The number of hydrogen-bond acceptors (Lipinski definition) is 6. The Balaban J connectivity index is 1.86. The SMILES string of the molecule is O=C(CCc1nc(-c2cccs2)no1)NCCO. The summed E-state index contributed by atoms with van der Waals surface area (Å²) in [7, 11) is 0. The third-order valence-electron chi connectivity index (χ3n) is 2.21. The number of rotatable bonds is 6. The van der Waals surface area contributed by atoms with Gasteiger partial charge in [0, 0.05) is 19.4 Å². The van der Waals surface area contributed by atoms with Crippen molar-refractivity contribution in [1.82, 2.24) is 15.5 Å². The van der Waals surface area contributed by atoms with Gasteiger partial charge in [0.15, 0.2) is 0 Å². The van der Waals surface area contributed by atoms with Gasteiger partial charge in [0.05, 0.1) is 11.5 Å². The number of amides is 1. The molecule has 0 aliphatic carbocycles. The maximum absolute atomic E-state index is 11.3. The summed E-state index contributed by atoms with van der Waals surface area (Å²) in [6.07, 6.45) is 0.668. The van der Waals surface area contributed by atoms with Crippen molar-refractivity contribution >= 4 is 17.2 Å². The third-order valence-corrected chi connectivity index (χ3v) is 3.08. The summed E-state index contributed by atoms with van der Waals surface area (Å²) in [6, 6.07) is 3.83. The highest BCUT2D eigenvalue weighted by atomic mass is 32.1. The zero-order valence-corrected chi connectivity index (χ0v) is 10.4. The molecule has 6 nitrogen and oxygen atoms in total. The van der Waals surface area contributed by atoms with Crippen LogP contribution in [0.1, 0.15) is 12.3 Å². The van der Waals surface area contributed by atoms with Gasteiger partial charge in [-0.3, -0.25) is 4.79 Å². The van der Waals surface area contributed by atoms with Gasteiger partial charge >= 0.3 is 0 Å². The number of aliphatic hydroxyl groups is 1. The van der Waals surface area contributed by atoms with E-state index < -0.39 is 0 Å². The molecule has 2 N–H and O–H groups in total. The smallest absolute Gasteiger partial charge is 0.227 e. The largest absolute Gasteiger partial charge is 0.395 e. The fourth-order valence-corrected chi connectivity index (χ4v) is 2.02. The number of aliphatic hydroxyl groups excluding tert-OH is 1. The van der Waals surface area contributed by atoms with Crippen LogP contribution in [0.25, 0.3) is 10.7 Å². The van der Waals surface area contributed by atoms with E-state index in [0.29, 0.717) is 18.1 Å². The molecule has 0 radical (unpaired) electrons. The number of carbonyl (C=O) groups is 1. The fraction of sp³-hybridized carbons (Fsp3) is 0.364. The predicted molar refractivity (Wildman–Crippen MR) is 66.0 cm³/mol. The Hall–Kier alpha value is -1.73. The molecule has 0 saturated heterocycles. The molecular weight excluding hydrogens is 254 g/mol. The lowest BCUT2D eigenvalue weighted by Gasteiger charge is -1.99. The Morgan fingerprint density at radius 3 is 3.17 bits per heavy atom. The summed E-state index contributed by atoms with van der Waals surface area (Å²) in [4.78, 5) is 16.4. The quantitative estimate of drug-likeness (QED) is 0.809. The third kappa shape index (κ3) is 3.38. The highest BCUT2D eigenvalue weighted by Gasteiger charge is 2.10. The van der Waals surface area contributed by atoms with Crippen molar-refractivity contribution in [2.24, 2.45) is 0 Å². The van der Waals surface area contributed by atoms with Crippen LogP contribution in [0.2, 0.25) is 0 Å². The molecule has 2 aromatic rings. The van der Waals surface area contributed by atoms with Gasteiger partial charge in [-0.2, -0.15) is 4.98 Å². The molecule has 0 aliphatic rings. The van der Waals surface area contributed by atoms with Gasteiger partial charge in [-0.15, -0.1) is 11.3 Å². The summed E-state index contributed by atoms with van der Waals surface area (Å²) in [6.45, 7) is 0.206. The molecule has 0 unspecified atom stereocenters. The molecule has 0 saturated carbocycles. The zero-order chi connectivity index (χ0) is 12.8. The van der Waals surface area contributed by atoms with Gasteiger partial charge in [0.25, 0.3) is 0 Å². The number of nitrogens with one attached hydrogen (secondary N) is 1. The maximum atomic E-state index is 11.3. The predicted octanol–water partition coefficient (Wildman–Crippen LogP) is 0.839. The van der Waals surface area contributed by atoms with Crippen LogP contribution in [0, 0.1) is 0 Å². The van der Waals surface area contributed by atoms with Crippen LogP contribution in [0.4, 0.5) is 0 Å². The second kappa shape index (κ2) is 6.27. The molecule has 0 bridgehead atoms. The summed E-state index contributed by atoms with van der Waals surface area (Å²) >= 11 is 1.53. The summed E-state index contributed by atoms with van der Waals surface area (Å²) < 4.78 is 5.06. The monoisotopic (exact) mass is 267 g/mol. The summed E-state index contributed by atoms with van der Waals surface area (Å²) in [5, 5.41) is 16.9. The number of thiophene rings is 1. The zero-order valence-electron chi connectivity index (χ0n) is 9.63. The minimum absolute atomic E-state index is 0.0607. The molecule has 2 heterocycles. The van der Waals surface area contributed by atoms with Gasteiger partial charge in [0.1, 0.15) is 0 Å². The van der Waals surface area contributed by atoms with Gasteiger partial charge in [-0.25, -0.2) is 0 Å². The number of nitrogens with zero attached hydrogens (tertiary/aromatic N) is 2. The Bertz CT molecular complexity index is 495. The van der Waals surface area contributed by atoms with E-state index in [1.165, 1.54) is 11.3 Å². The van der Waals surface area contributed by atoms with Crippen molar-refractivity contribution in [2.45, 2.75) is 12.8 Å². The van der Waals surface area contributed by atoms with Gasteiger partial charge in [-0.1, -0.05) is 11.2 Å². The molecule has 2 aromatic heterocycles. The van der Waals surface area contributed by atoms with Gasteiger partial charge < -0.3 is 14.9 Å². The normalized spacial score (nSPS) is 10.5. The summed E-state index contributed by atoms with van der Waals surface area (Å²) in [5.41, 5.74) is 0. The lowest BCUT2D eigenvalue weighted by atomic mass is 10.3. The first-order valence-corrected chi connectivity index (χ1v) is 6.41. The van der Waals surface area contributed by atoms with Crippen molar-refractivity contribution in [3.63, 3.8) is 0 Å². The Labute approximate surface area is 108 Å². The average molecular weight is 267 g/mol. The lowest BCUT2D eigenvalue weighted by Crippen LogP contribution is -2.26. The standard InChI is InChI=1S/C11H13N3O3S/c15-6-5-12-9(16)3-4-10-13-11(14-17-10)8-2-1-7-18-8/h1-2,7,15H,3-6H2,(H,12,16). The second-order valence-electron chi connectivity index (χ2n) is 3.56. The first-order valence-electron chi connectivity index (χ1n) is 5.53. The number of aromatic nitrogens is 2. The molecule has 96 valence electrons. The number of carbonyl (C=O) groups excluding carboxylic acids is 1. The first-order chi connectivity index (χ1) is 8.79. The van der Waals surface area contributed by atoms with Crippen LogP contribution in [-0.2, 0) is 11.2 Å². The van der Waals surface area contributed by atoms with Crippen LogP contribution in [-0.4, -0.2) is 34.3 Å². The molecule has 0 aromatic carbocycles. The Kier molecular flexibility index (Phi) is 4.43. The topological polar surface area (TPSA) is 88.2 Å². The van der Waals surface area contributed by atoms with E-state index in [1.807, 2.05) is 17.5 Å². The van der Waals surface area contributed by atoms with E-state index >= 15 is 0 Å². The van der Waals surface area contributed by atoms with E-state index in [-0.39, 0.29) is 25.5 Å². The highest BCUT2D eigenvalue weighted by Crippen LogP contribution is 2.21. The minimum atomic E-state index is -0.139. The van der Waals surface area contributed by atoms with Crippen molar-refractivity contribution < 1.29 is 14.4 Å². The highest BCUT2D eigenvalue weighted by molar-refractivity contribution is 7.13. The van der Waals surface area contributed by atoms with E-state index in [0.717, 1.165) is 4.88 Å². The Morgan fingerprint density at radius 1 is 1.56 bits per heavy atom. The Morgan fingerprint density at radius 2 is 2.44 bits per heavy atom. The fourth-order valence-electron chi connectivity index (χ4n) is 1.37. The second-order valence-corrected chi connectivity index (χ2v) is 4.51. The average Bonchev–Trinajstić information content (AvgIpc) is 3.03. The molecule has 7 heteroatoms. The van der Waals surface area contributed by atoms with Gasteiger partial charge in [0.2, 0.25) is 17.6 Å². The number of hydrogen-bond donors (Lipinski definition) is 2. The van der Waals surface area contributed by atoms with Crippen molar-refractivity contribution in [2.75, 3.05) is 13.2 Å². The van der Waals surface area contributed by atoms with Crippen LogP contribution in [0.5, 0.6) is 0 Å². The van der Waals surface area contributed by atoms with Crippen LogP contribution in [0.3, 0.4) is 0 Å². The van der Waals surface area contributed by atoms with Crippen LogP contribution < -0.4 is 5.32 Å². The molecule has 1 amide bonds. The molecule has 0 atom stereocenters. The molecular formula is C11H13N3O3S. The number of aryl methyl sites for hydroxylation is 1. The molecule has 0 fully saturated rings. The van der Waals surface area contributed by atoms with Crippen molar-refractivity contribution in [1.29, 1.82) is 0 Å². The molecule has 18 heavy (non-hydrogen) atoms. The first kappa shape index (κ1) is 12.7. The van der Waals surface area contributed by atoms with Crippen molar-refractivity contribution in [3.05, 3.63) is 23.4 Å². The lowest BCUT2D eigenvalue weighted by molar-refractivity contribution is -0.121.